The first-order chi connectivity index (χ1) is 15.7. The fraction of sp³-hybridized carbons (Fsp3) is 0.556. The van der Waals surface area contributed by atoms with Gasteiger partial charge in [0.25, 0.3) is 11.5 Å². The fourth-order valence-corrected chi connectivity index (χ4v) is 5.06. The van der Waals surface area contributed by atoms with Crippen LogP contribution >= 0.6 is 0 Å². The van der Waals surface area contributed by atoms with Gasteiger partial charge >= 0.3 is 0 Å². The van der Waals surface area contributed by atoms with Crippen LogP contribution < -0.4 is 15.8 Å². The van der Waals surface area contributed by atoms with Gasteiger partial charge in [0.1, 0.15) is 5.56 Å². The Morgan fingerprint density at radius 2 is 1.62 bits per heavy atom. The molecule has 1 amide bonds. The number of unbranched alkanes of at least 4 members (excludes halogenated alkanes) is 1. The molecule has 5 heteroatoms. The molecule has 5 nitrogen and oxygen atoms in total. The first kappa shape index (κ1) is 22.6. The van der Waals surface area contributed by atoms with E-state index < -0.39 is 0 Å². The summed E-state index contributed by atoms with van der Waals surface area (Å²) < 4.78 is 1.90. The molecular formula is C27H37N3O2. The van der Waals surface area contributed by atoms with Crippen LogP contribution in [0.2, 0.25) is 0 Å². The summed E-state index contributed by atoms with van der Waals surface area (Å²) in [6, 6.07) is 9.92. The van der Waals surface area contributed by atoms with Crippen LogP contribution in [0.15, 0.2) is 35.1 Å². The van der Waals surface area contributed by atoms with Crippen molar-refractivity contribution in [3.05, 3.63) is 57.5 Å². The van der Waals surface area contributed by atoms with Gasteiger partial charge in [0, 0.05) is 36.7 Å². The van der Waals surface area contributed by atoms with Crippen molar-refractivity contribution in [3.63, 3.8) is 0 Å². The smallest absolute Gasteiger partial charge is 0.263 e. The van der Waals surface area contributed by atoms with Crippen LogP contribution in [0.3, 0.4) is 0 Å². The zero-order valence-corrected chi connectivity index (χ0v) is 19.5. The molecule has 1 N–H and O–H groups in total. The van der Waals surface area contributed by atoms with E-state index in [9.17, 15) is 9.59 Å². The highest BCUT2D eigenvalue weighted by atomic mass is 16.2. The van der Waals surface area contributed by atoms with E-state index in [1.165, 1.54) is 43.4 Å². The number of pyridine rings is 1. The Morgan fingerprint density at radius 1 is 0.938 bits per heavy atom. The highest BCUT2D eigenvalue weighted by Gasteiger charge is 2.20. The second-order valence-electron chi connectivity index (χ2n) is 9.30. The molecule has 0 spiro atoms. The summed E-state index contributed by atoms with van der Waals surface area (Å²) in [5.41, 5.74) is 4.42. The number of anilines is 2. The number of carbonyl (C=O) groups excluding carboxylic acids is 1. The Hall–Kier alpha value is -2.56. The molecular weight excluding hydrogens is 398 g/mol. The average molecular weight is 436 g/mol. The van der Waals surface area contributed by atoms with Crippen LogP contribution in [0.4, 0.5) is 11.4 Å². The third-order valence-electron chi connectivity index (χ3n) is 6.93. The highest BCUT2D eigenvalue weighted by molar-refractivity contribution is 6.04. The van der Waals surface area contributed by atoms with Crippen LogP contribution in [0.25, 0.3) is 0 Å². The van der Waals surface area contributed by atoms with Crippen molar-refractivity contribution in [1.29, 1.82) is 0 Å². The maximum Gasteiger partial charge on any atom is 0.263 e. The maximum atomic E-state index is 13.3. The third-order valence-corrected chi connectivity index (χ3v) is 6.93. The largest absolute Gasteiger partial charge is 0.372 e. The molecule has 1 saturated heterocycles. The SMILES string of the molecule is CCCCn1c2c(cc(C(=O)Nc3ccc(N4CCCCC4)cc3)c1=O)CCCCCC2. The number of benzene rings is 1. The van der Waals surface area contributed by atoms with Crippen LogP contribution in [0, 0.1) is 0 Å². The highest BCUT2D eigenvalue weighted by Crippen LogP contribution is 2.23. The second-order valence-corrected chi connectivity index (χ2v) is 9.30. The summed E-state index contributed by atoms with van der Waals surface area (Å²) in [5, 5.41) is 2.98. The van der Waals surface area contributed by atoms with Crippen molar-refractivity contribution in [2.75, 3.05) is 23.3 Å². The van der Waals surface area contributed by atoms with Gasteiger partial charge in [0.2, 0.25) is 0 Å². The Balaban J connectivity index is 1.57. The summed E-state index contributed by atoms with van der Waals surface area (Å²) in [6.45, 7) is 5.03. The molecule has 2 aliphatic rings. The molecule has 0 saturated carbocycles. The summed E-state index contributed by atoms with van der Waals surface area (Å²) in [7, 11) is 0. The number of carbonyl (C=O) groups is 1. The number of nitrogens with zero attached hydrogens (tertiary/aromatic N) is 2. The molecule has 1 aliphatic carbocycles. The lowest BCUT2D eigenvalue weighted by atomic mass is 9.95. The maximum absolute atomic E-state index is 13.3. The minimum absolute atomic E-state index is 0.139. The molecule has 2 heterocycles. The summed E-state index contributed by atoms with van der Waals surface area (Å²) in [6.07, 6.45) is 12.3. The Labute approximate surface area is 191 Å². The molecule has 1 aliphatic heterocycles. The van der Waals surface area contributed by atoms with Crippen molar-refractivity contribution < 1.29 is 4.79 Å². The predicted octanol–water partition coefficient (Wildman–Crippen LogP) is 5.55. The standard InChI is InChI=1S/C27H37N3O2/c1-2-3-19-30-25-12-8-5-4-7-11-21(25)20-24(27(30)32)26(31)28-22-13-15-23(16-14-22)29-17-9-6-10-18-29/h13-16,20H,2-12,17-19H2,1H3,(H,28,31). The molecule has 2 aromatic rings. The summed E-state index contributed by atoms with van der Waals surface area (Å²) >= 11 is 0. The summed E-state index contributed by atoms with van der Waals surface area (Å²) in [4.78, 5) is 28.9. The van der Waals surface area contributed by atoms with E-state index in [1.54, 1.807) is 0 Å². The number of aromatic nitrogens is 1. The van der Waals surface area contributed by atoms with E-state index in [-0.39, 0.29) is 17.0 Å². The van der Waals surface area contributed by atoms with Crippen molar-refractivity contribution in [3.8, 4) is 0 Å². The van der Waals surface area contributed by atoms with Gasteiger partial charge in [0.05, 0.1) is 0 Å². The van der Waals surface area contributed by atoms with Gasteiger partial charge in [0.15, 0.2) is 0 Å². The fourth-order valence-electron chi connectivity index (χ4n) is 5.06. The van der Waals surface area contributed by atoms with E-state index in [1.807, 2.05) is 22.8 Å². The van der Waals surface area contributed by atoms with Gasteiger partial charge in [-0.3, -0.25) is 9.59 Å². The quantitative estimate of drug-likeness (QED) is 0.647. The zero-order chi connectivity index (χ0) is 22.3. The second kappa shape index (κ2) is 10.8. The predicted molar refractivity (Wildman–Crippen MR) is 132 cm³/mol. The van der Waals surface area contributed by atoms with Crippen molar-refractivity contribution >= 4 is 17.3 Å². The molecule has 0 atom stereocenters. The van der Waals surface area contributed by atoms with Crippen LogP contribution in [-0.2, 0) is 19.4 Å². The van der Waals surface area contributed by atoms with Crippen molar-refractivity contribution in [2.24, 2.45) is 0 Å². The first-order valence-corrected chi connectivity index (χ1v) is 12.6. The van der Waals surface area contributed by atoms with E-state index in [2.05, 4.69) is 29.3 Å². The first-order valence-electron chi connectivity index (χ1n) is 12.6. The Morgan fingerprint density at radius 3 is 2.34 bits per heavy atom. The van der Waals surface area contributed by atoms with E-state index in [0.717, 1.165) is 63.0 Å². The lowest BCUT2D eigenvalue weighted by molar-refractivity contribution is 0.102. The van der Waals surface area contributed by atoms with Gasteiger partial charge < -0.3 is 14.8 Å². The van der Waals surface area contributed by atoms with Crippen molar-refractivity contribution in [2.45, 2.75) is 84.1 Å². The molecule has 0 unspecified atom stereocenters. The average Bonchev–Trinajstić information content (AvgIpc) is 2.80. The molecule has 0 radical (unpaired) electrons. The van der Waals surface area contributed by atoms with Gasteiger partial charge in [-0.1, -0.05) is 26.2 Å². The number of amides is 1. The van der Waals surface area contributed by atoms with Crippen LogP contribution in [0.1, 0.15) is 86.3 Å². The minimum atomic E-state index is -0.296. The molecule has 1 aromatic carbocycles. The zero-order valence-electron chi connectivity index (χ0n) is 19.5. The van der Waals surface area contributed by atoms with Gasteiger partial charge in [-0.2, -0.15) is 0 Å². The van der Waals surface area contributed by atoms with Gasteiger partial charge in [-0.25, -0.2) is 0 Å². The monoisotopic (exact) mass is 435 g/mol. The minimum Gasteiger partial charge on any atom is -0.372 e. The number of piperidine rings is 1. The number of fused-ring (bicyclic) bond motifs is 1. The normalized spacial score (nSPS) is 16.7. The molecule has 1 aromatic heterocycles. The number of nitrogens with one attached hydrogen (secondary N) is 1. The van der Waals surface area contributed by atoms with Gasteiger partial charge in [-0.15, -0.1) is 0 Å². The van der Waals surface area contributed by atoms with Crippen molar-refractivity contribution in [1.82, 2.24) is 4.57 Å². The topological polar surface area (TPSA) is 54.3 Å². The third kappa shape index (κ3) is 5.25. The lowest BCUT2D eigenvalue weighted by Gasteiger charge is -2.28. The van der Waals surface area contributed by atoms with Crippen LogP contribution in [0.5, 0.6) is 0 Å². The van der Waals surface area contributed by atoms with Gasteiger partial charge in [-0.05, 0) is 87.3 Å². The molecule has 172 valence electrons. The Kier molecular flexibility index (Phi) is 7.67. The van der Waals surface area contributed by atoms with E-state index in [4.69, 9.17) is 0 Å². The number of hydrogen-bond acceptors (Lipinski definition) is 3. The number of rotatable bonds is 6. The Bertz CT molecular complexity index is 972. The molecule has 0 bridgehead atoms. The van der Waals surface area contributed by atoms with Crippen LogP contribution in [-0.4, -0.2) is 23.6 Å². The summed E-state index contributed by atoms with van der Waals surface area (Å²) in [5.74, 6) is -0.296. The molecule has 32 heavy (non-hydrogen) atoms. The van der Waals surface area contributed by atoms with E-state index >= 15 is 0 Å². The number of aryl methyl sites for hydroxylation is 1. The molecule has 1 fully saturated rings. The lowest BCUT2D eigenvalue weighted by Crippen LogP contribution is -2.33. The number of hydrogen-bond donors (Lipinski definition) is 1. The molecule has 4 rings (SSSR count). The van der Waals surface area contributed by atoms with E-state index in [0.29, 0.717) is 6.54 Å².